The van der Waals surface area contributed by atoms with E-state index in [0.717, 1.165) is 11.5 Å². The first-order chi connectivity index (χ1) is 7.67. The lowest BCUT2D eigenvalue weighted by Gasteiger charge is -2.15. The lowest BCUT2D eigenvalue weighted by atomic mass is 10.4. The molecule has 1 rings (SSSR count). The second-order valence-corrected chi connectivity index (χ2v) is 4.24. The van der Waals surface area contributed by atoms with Crippen LogP contribution in [0, 0.1) is 13.8 Å². The van der Waals surface area contributed by atoms with Gasteiger partial charge in [0.25, 0.3) is 5.22 Å². The van der Waals surface area contributed by atoms with Gasteiger partial charge in [-0.1, -0.05) is 11.8 Å². The molecule has 0 bridgehead atoms. The number of aromatic nitrogens is 1. The average molecular weight is 245 g/mol. The lowest BCUT2D eigenvalue weighted by molar-refractivity contribution is -0.120. The summed E-state index contributed by atoms with van der Waals surface area (Å²) >= 11 is 1.52. The van der Waals surface area contributed by atoms with Gasteiger partial charge >= 0.3 is 0 Å². The maximum Gasteiger partial charge on any atom is 0.256 e. The maximum atomic E-state index is 5.46. The number of rotatable bonds is 7. The first-order valence-electron chi connectivity index (χ1n) is 5.47. The fourth-order valence-electron chi connectivity index (χ4n) is 1.16. The zero-order valence-corrected chi connectivity index (χ0v) is 11.1. The quantitative estimate of drug-likeness (QED) is 0.546. The summed E-state index contributed by atoms with van der Waals surface area (Å²) in [6.07, 6.45) is -0.187. The Morgan fingerprint density at radius 1 is 1.25 bits per heavy atom. The third-order valence-corrected chi connectivity index (χ3v) is 2.92. The van der Waals surface area contributed by atoms with E-state index < -0.39 is 0 Å². The normalized spacial score (nSPS) is 11.3. The Bertz CT molecular complexity index is 289. The Morgan fingerprint density at radius 2 is 1.88 bits per heavy atom. The molecule has 0 aromatic carbocycles. The van der Waals surface area contributed by atoms with Gasteiger partial charge in [0.05, 0.1) is 11.4 Å². The number of ether oxygens (including phenoxy) is 2. The highest BCUT2D eigenvalue weighted by Gasteiger charge is 2.12. The van der Waals surface area contributed by atoms with E-state index in [0.29, 0.717) is 24.2 Å². The Hall–Kier alpha value is -0.520. The summed E-state index contributed by atoms with van der Waals surface area (Å²) in [6, 6.07) is 0. The molecule has 0 N–H and O–H groups in total. The second-order valence-electron chi connectivity index (χ2n) is 3.27. The predicted molar refractivity (Wildman–Crippen MR) is 63.7 cm³/mol. The summed E-state index contributed by atoms with van der Waals surface area (Å²) in [5.41, 5.74) is 0.937. The van der Waals surface area contributed by atoms with Gasteiger partial charge in [0.1, 0.15) is 5.76 Å². The summed E-state index contributed by atoms with van der Waals surface area (Å²) < 4.78 is 16.3. The molecule has 0 unspecified atom stereocenters. The molecular formula is C11H19NO3S. The standard InChI is InChI=1S/C11H19NO3S/c1-5-13-10(14-6-2)7-16-11-12-8(3)9(4)15-11/h10H,5-7H2,1-4H3. The molecule has 16 heavy (non-hydrogen) atoms. The SMILES string of the molecule is CCOC(CSc1nc(C)c(C)o1)OCC. The highest BCUT2D eigenvalue weighted by Crippen LogP contribution is 2.21. The van der Waals surface area contributed by atoms with E-state index in [1.54, 1.807) is 0 Å². The van der Waals surface area contributed by atoms with Crippen LogP contribution in [0.1, 0.15) is 25.3 Å². The van der Waals surface area contributed by atoms with Crippen LogP contribution < -0.4 is 0 Å². The smallest absolute Gasteiger partial charge is 0.256 e. The Labute approximate surface area is 101 Å². The van der Waals surface area contributed by atoms with Crippen molar-refractivity contribution in [3.05, 3.63) is 11.5 Å². The fourth-order valence-corrected chi connectivity index (χ4v) is 2.02. The van der Waals surface area contributed by atoms with Gasteiger partial charge in [0, 0.05) is 13.2 Å². The van der Waals surface area contributed by atoms with Gasteiger partial charge in [-0.3, -0.25) is 0 Å². The predicted octanol–water partition coefficient (Wildman–Crippen LogP) is 2.78. The molecule has 0 aliphatic carbocycles. The number of hydrogen-bond donors (Lipinski definition) is 0. The first kappa shape index (κ1) is 13.5. The van der Waals surface area contributed by atoms with Crippen LogP contribution in [0.15, 0.2) is 9.64 Å². The molecule has 5 heteroatoms. The van der Waals surface area contributed by atoms with E-state index in [2.05, 4.69) is 4.98 Å². The average Bonchev–Trinajstić information content (AvgIpc) is 2.56. The van der Waals surface area contributed by atoms with Crippen LogP contribution in [0.25, 0.3) is 0 Å². The number of thioether (sulfide) groups is 1. The van der Waals surface area contributed by atoms with Crippen molar-refractivity contribution in [2.45, 2.75) is 39.2 Å². The van der Waals surface area contributed by atoms with Crippen LogP contribution in [0.5, 0.6) is 0 Å². The van der Waals surface area contributed by atoms with E-state index in [4.69, 9.17) is 13.9 Å². The minimum atomic E-state index is -0.187. The topological polar surface area (TPSA) is 44.5 Å². The molecule has 0 radical (unpaired) electrons. The van der Waals surface area contributed by atoms with Gasteiger partial charge in [-0.15, -0.1) is 0 Å². The summed E-state index contributed by atoms with van der Waals surface area (Å²) in [4.78, 5) is 4.29. The molecule has 0 aliphatic rings. The van der Waals surface area contributed by atoms with Crippen molar-refractivity contribution in [1.29, 1.82) is 0 Å². The zero-order valence-electron chi connectivity index (χ0n) is 10.3. The van der Waals surface area contributed by atoms with Crippen molar-refractivity contribution >= 4 is 11.8 Å². The molecule has 1 aromatic rings. The Kier molecular flexibility index (Phi) is 5.87. The van der Waals surface area contributed by atoms with Gasteiger partial charge in [-0.05, 0) is 27.7 Å². The minimum Gasteiger partial charge on any atom is -0.437 e. The van der Waals surface area contributed by atoms with Gasteiger partial charge < -0.3 is 13.9 Å². The molecule has 0 saturated carbocycles. The third-order valence-electron chi connectivity index (χ3n) is 2.06. The molecule has 4 nitrogen and oxygen atoms in total. The zero-order chi connectivity index (χ0) is 12.0. The van der Waals surface area contributed by atoms with E-state index in [-0.39, 0.29) is 6.29 Å². The number of nitrogens with zero attached hydrogens (tertiary/aromatic N) is 1. The highest BCUT2D eigenvalue weighted by atomic mass is 32.2. The molecule has 0 spiro atoms. The van der Waals surface area contributed by atoms with Gasteiger partial charge in [-0.25, -0.2) is 4.98 Å². The molecule has 1 heterocycles. The van der Waals surface area contributed by atoms with Crippen LogP contribution in [0.3, 0.4) is 0 Å². The molecule has 1 aromatic heterocycles. The molecule has 92 valence electrons. The molecule has 0 aliphatic heterocycles. The monoisotopic (exact) mass is 245 g/mol. The van der Waals surface area contributed by atoms with Crippen molar-refractivity contribution in [1.82, 2.24) is 4.98 Å². The van der Waals surface area contributed by atoms with Crippen molar-refractivity contribution in [2.24, 2.45) is 0 Å². The molecule has 0 atom stereocenters. The van der Waals surface area contributed by atoms with Crippen molar-refractivity contribution in [3.8, 4) is 0 Å². The Morgan fingerprint density at radius 3 is 2.31 bits per heavy atom. The highest BCUT2D eigenvalue weighted by molar-refractivity contribution is 7.99. The summed E-state index contributed by atoms with van der Waals surface area (Å²) in [6.45, 7) is 9.05. The van der Waals surface area contributed by atoms with E-state index in [1.807, 2.05) is 27.7 Å². The number of aryl methyl sites for hydroxylation is 2. The number of oxazole rings is 1. The first-order valence-corrected chi connectivity index (χ1v) is 6.46. The van der Waals surface area contributed by atoms with Crippen LogP contribution in [-0.2, 0) is 9.47 Å². The van der Waals surface area contributed by atoms with E-state index >= 15 is 0 Å². The third kappa shape index (κ3) is 4.15. The number of hydrogen-bond acceptors (Lipinski definition) is 5. The van der Waals surface area contributed by atoms with Crippen molar-refractivity contribution < 1.29 is 13.9 Å². The molecular weight excluding hydrogens is 226 g/mol. The van der Waals surface area contributed by atoms with Gasteiger partial charge in [-0.2, -0.15) is 0 Å². The summed E-state index contributed by atoms with van der Waals surface area (Å²) in [5, 5.41) is 0.680. The van der Waals surface area contributed by atoms with Gasteiger partial charge in [0.2, 0.25) is 0 Å². The summed E-state index contributed by atoms with van der Waals surface area (Å²) in [5.74, 6) is 1.56. The minimum absolute atomic E-state index is 0.187. The molecule has 0 saturated heterocycles. The molecule has 0 fully saturated rings. The fraction of sp³-hybridized carbons (Fsp3) is 0.727. The second kappa shape index (κ2) is 6.93. The Balaban J connectivity index is 2.41. The van der Waals surface area contributed by atoms with Crippen molar-refractivity contribution in [3.63, 3.8) is 0 Å². The largest absolute Gasteiger partial charge is 0.437 e. The maximum absolute atomic E-state index is 5.46. The van der Waals surface area contributed by atoms with Crippen LogP contribution in [0.2, 0.25) is 0 Å². The van der Waals surface area contributed by atoms with Crippen LogP contribution in [-0.4, -0.2) is 30.2 Å². The van der Waals surface area contributed by atoms with E-state index in [1.165, 1.54) is 11.8 Å². The van der Waals surface area contributed by atoms with Crippen LogP contribution >= 0.6 is 11.8 Å². The van der Waals surface area contributed by atoms with Gasteiger partial charge in [0.15, 0.2) is 6.29 Å². The van der Waals surface area contributed by atoms with Crippen molar-refractivity contribution in [2.75, 3.05) is 19.0 Å². The summed E-state index contributed by atoms with van der Waals surface area (Å²) in [7, 11) is 0. The van der Waals surface area contributed by atoms with Crippen LogP contribution in [0.4, 0.5) is 0 Å². The lowest BCUT2D eigenvalue weighted by Crippen LogP contribution is -2.19. The van der Waals surface area contributed by atoms with E-state index in [9.17, 15) is 0 Å². The molecule has 0 amide bonds.